The van der Waals surface area contributed by atoms with Gasteiger partial charge < -0.3 is 15.7 Å². The van der Waals surface area contributed by atoms with E-state index in [0.29, 0.717) is 19.6 Å². The van der Waals surface area contributed by atoms with Crippen LogP contribution in [-0.4, -0.2) is 43.6 Å². The zero-order chi connectivity index (χ0) is 15.2. The maximum absolute atomic E-state index is 11.6. The zero-order valence-electron chi connectivity index (χ0n) is 11.2. The third-order valence-electron chi connectivity index (χ3n) is 2.64. The third kappa shape index (κ3) is 4.24. The number of aryl methyl sites for hydroxylation is 1. The molecule has 0 aliphatic carbocycles. The molecule has 21 heavy (non-hydrogen) atoms. The van der Waals surface area contributed by atoms with Gasteiger partial charge in [0.25, 0.3) is 0 Å². The number of carbonyl (C=O) groups is 2. The van der Waals surface area contributed by atoms with Gasteiger partial charge >= 0.3 is 12.0 Å². The summed E-state index contributed by atoms with van der Waals surface area (Å²) >= 11 is 1.49. The lowest BCUT2D eigenvalue weighted by atomic mass is 10.4. The van der Waals surface area contributed by atoms with Crippen LogP contribution in [0.25, 0.3) is 0 Å². The highest BCUT2D eigenvalue weighted by molar-refractivity contribution is 7.09. The van der Waals surface area contributed by atoms with Crippen molar-refractivity contribution in [2.24, 2.45) is 0 Å². The number of rotatable bonds is 6. The van der Waals surface area contributed by atoms with E-state index < -0.39 is 5.97 Å². The van der Waals surface area contributed by atoms with Gasteiger partial charge in [-0.25, -0.2) is 19.3 Å². The molecule has 0 atom stereocenters. The highest BCUT2D eigenvalue weighted by atomic mass is 32.1. The molecule has 0 spiro atoms. The summed E-state index contributed by atoms with van der Waals surface area (Å²) in [6, 6.07) is -0.304. The van der Waals surface area contributed by atoms with Crippen molar-refractivity contribution in [2.45, 2.75) is 20.0 Å². The van der Waals surface area contributed by atoms with Gasteiger partial charge in [-0.15, -0.1) is 16.4 Å². The average molecular weight is 310 g/mol. The largest absolute Gasteiger partial charge is 0.476 e. The standard InChI is InChI=1S/C11H14N6O3S/c1-7-9(21-6-14-7)4-13-11(20)12-2-3-17-5-8(10(18)19)15-16-17/h5-6H,2-4H2,1H3,(H,18,19)(H2,12,13,20). The molecule has 2 aromatic heterocycles. The summed E-state index contributed by atoms with van der Waals surface area (Å²) < 4.78 is 1.36. The number of nitrogens with zero attached hydrogens (tertiary/aromatic N) is 4. The van der Waals surface area contributed by atoms with Gasteiger partial charge in [0.1, 0.15) is 0 Å². The van der Waals surface area contributed by atoms with Gasteiger partial charge in [0, 0.05) is 11.4 Å². The highest BCUT2D eigenvalue weighted by Crippen LogP contribution is 2.10. The van der Waals surface area contributed by atoms with Crippen LogP contribution in [0.5, 0.6) is 0 Å². The number of carboxylic acid groups (broad SMARTS) is 1. The van der Waals surface area contributed by atoms with Gasteiger partial charge in [-0.1, -0.05) is 5.21 Å². The summed E-state index contributed by atoms with van der Waals surface area (Å²) in [6.07, 6.45) is 1.31. The van der Waals surface area contributed by atoms with Gasteiger partial charge in [-0.2, -0.15) is 0 Å². The summed E-state index contributed by atoms with van der Waals surface area (Å²) in [5.41, 5.74) is 2.51. The van der Waals surface area contributed by atoms with Crippen LogP contribution in [0, 0.1) is 6.92 Å². The van der Waals surface area contributed by atoms with E-state index in [0.717, 1.165) is 10.6 Å². The summed E-state index contributed by atoms with van der Waals surface area (Å²) in [5, 5.41) is 21.2. The SMILES string of the molecule is Cc1ncsc1CNC(=O)NCCn1cc(C(=O)O)nn1. The lowest BCUT2D eigenvalue weighted by Crippen LogP contribution is -2.36. The van der Waals surface area contributed by atoms with Gasteiger partial charge in [0.2, 0.25) is 0 Å². The number of hydrogen-bond donors (Lipinski definition) is 3. The predicted octanol–water partition coefficient (Wildman–Crippen LogP) is 0.241. The van der Waals surface area contributed by atoms with Gasteiger partial charge in [-0.3, -0.25) is 0 Å². The maximum atomic E-state index is 11.6. The molecule has 0 saturated heterocycles. The first-order chi connectivity index (χ1) is 10.1. The number of aromatic carboxylic acids is 1. The summed E-state index contributed by atoms with van der Waals surface area (Å²) in [6.45, 7) is 2.97. The fraction of sp³-hybridized carbons (Fsp3) is 0.364. The number of carbonyl (C=O) groups excluding carboxylic acids is 1. The van der Waals surface area contributed by atoms with Crippen LogP contribution in [0.2, 0.25) is 0 Å². The molecule has 0 aromatic carbocycles. The van der Waals surface area contributed by atoms with Crippen molar-refractivity contribution in [1.82, 2.24) is 30.6 Å². The first-order valence-electron chi connectivity index (χ1n) is 6.10. The Morgan fingerprint density at radius 3 is 2.86 bits per heavy atom. The van der Waals surface area contributed by atoms with E-state index in [4.69, 9.17) is 5.11 Å². The summed E-state index contributed by atoms with van der Waals surface area (Å²) in [5.74, 6) is -1.13. The first kappa shape index (κ1) is 14.9. The molecule has 0 aliphatic heterocycles. The van der Waals surface area contributed by atoms with Crippen LogP contribution in [0.15, 0.2) is 11.7 Å². The first-order valence-corrected chi connectivity index (χ1v) is 6.98. The Labute approximate surface area is 124 Å². The molecule has 2 aromatic rings. The Morgan fingerprint density at radius 1 is 1.43 bits per heavy atom. The monoisotopic (exact) mass is 310 g/mol. The summed E-state index contributed by atoms with van der Waals surface area (Å²) in [4.78, 5) is 27.3. The van der Waals surface area contributed by atoms with E-state index in [-0.39, 0.29) is 11.7 Å². The van der Waals surface area contributed by atoms with E-state index in [2.05, 4.69) is 25.9 Å². The van der Waals surface area contributed by atoms with Gasteiger partial charge in [0.15, 0.2) is 5.69 Å². The number of thiazole rings is 1. The second kappa shape index (κ2) is 6.79. The molecule has 0 aliphatic rings. The molecule has 9 nitrogen and oxygen atoms in total. The van der Waals surface area contributed by atoms with Crippen molar-refractivity contribution in [3.05, 3.63) is 28.0 Å². The van der Waals surface area contributed by atoms with Crippen molar-refractivity contribution < 1.29 is 14.7 Å². The normalized spacial score (nSPS) is 10.3. The van der Waals surface area contributed by atoms with E-state index in [1.165, 1.54) is 22.2 Å². The topological polar surface area (TPSA) is 122 Å². The van der Waals surface area contributed by atoms with Crippen molar-refractivity contribution in [1.29, 1.82) is 0 Å². The van der Waals surface area contributed by atoms with E-state index in [1.807, 2.05) is 6.92 Å². The number of carboxylic acids is 1. The number of urea groups is 1. The molecule has 0 saturated carbocycles. The second-order valence-corrected chi connectivity index (χ2v) is 5.08. The second-order valence-electron chi connectivity index (χ2n) is 4.14. The lowest BCUT2D eigenvalue weighted by Gasteiger charge is -2.06. The quantitative estimate of drug-likeness (QED) is 0.702. The smallest absolute Gasteiger partial charge is 0.358 e. The Hall–Kier alpha value is -2.49. The van der Waals surface area contributed by atoms with Crippen molar-refractivity contribution in [2.75, 3.05) is 6.54 Å². The zero-order valence-corrected chi connectivity index (χ0v) is 12.1. The Balaban J connectivity index is 1.69. The van der Waals surface area contributed by atoms with Crippen molar-refractivity contribution >= 4 is 23.3 Å². The Kier molecular flexibility index (Phi) is 4.82. The molecule has 3 N–H and O–H groups in total. The van der Waals surface area contributed by atoms with E-state index >= 15 is 0 Å². The molecule has 0 unspecified atom stereocenters. The molecule has 112 valence electrons. The van der Waals surface area contributed by atoms with Crippen LogP contribution in [0.3, 0.4) is 0 Å². The van der Waals surface area contributed by atoms with Crippen LogP contribution in [0.4, 0.5) is 4.79 Å². The minimum absolute atomic E-state index is 0.125. The number of aromatic nitrogens is 4. The fourth-order valence-corrected chi connectivity index (χ4v) is 2.23. The molecule has 10 heteroatoms. The number of nitrogens with one attached hydrogen (secondary N) is 2. The lowest BCUT2D eigenvalue weighted by molar-refractivity contribution is 0.0690. The average Bonchev–Trinajstić information content (AvgIpc) is 3.06. The van der Waals surface area contributed by atoms with Gasteiger partial charge in [0.05, 0.1) is 30.5 Å². The van der Waals surface area contributed by atoms with Crippen LogP contribution >= 0.6 is 11.3 Å². The molecule has 0 bridgehead atoms. The maximum Gasteiger partial charge on any atom is 0.358 e. The molecule has 0 fully saturated rings. The molecular weight excluding hydrogens is 296 g/mol. The number of hydrogen-bond acceptors (Lipinski definition) is 6. The van der Waals surface area contributed by atoms with Crippen molar-refractivity contribution in [3.63, 3.8) is 0 Å². The molecule has 0 radical (unpaired) electrons. The molecular formula is C11H14N6O3S. The fourth-order valence-electron chi connectivity index (χ4n) is 1.51. The minimum Gasteiger partial charge on any atom is -0.476 e. The summed E-state index contributed by atoms with van der Waals surface area (Å²) in [7, 11) is 0. The Bertz CT molecular complexity index is 637. The van der Waals surface area contributed by atoms with Gasteiger partial charge in [-0.05, 0) is 6.92 Å². The molecule has 2 amide bonds. The highest BCUT2D eigenvalue weighted by Gasteiger charge is 2.08. The molecule has 2 heterocycles. The van der Waals surface area contributed by atoms with Crippen LogP contribution in [0.1, 0.15) is 21.1 Å². The molecule has 2 rings (SSSR count). The minimum atomic E-state index is -1.13. The van der Waals surface area contributed by atoms with E-state index in [9.17, 15) is 9.59 Å². The van der Waals surface area contributed by atoms with Crippen LogP contribution < -0.4 is 10.6 Å². The Morgan fingerprint density at radius 2 is 2.24 bits per heavy atom. The number of amides is 2. The van der Waals surface area contributed by atoms with Crippen LogP contribution in [-0.2, 0) is 13.1 Å². The van der Waals surface area contributed by atoms with E-state index in [1.54, 1.807) is 5.51 Å². The third-order valence-corrected chi connectivity index (χ3v) is 3.57. The van der Waals surface area contributed by atoms with Crippen molar-refractivity contribution in [3.8, 4) is 0 Å². The predicted molar refractivity (Wildman–Crippen MR) is 74.1 cm³/mol.